The Hall–Kier alpha value is -3.11. The van der Waals surface area contributed by atoms with Crippen LogP contribution >= 0.6 is 22.7 Å². The first-order valence-corrected chi connectivity index (χ1v) is 9.82. The molecule has 0 spiro atoms. The molecule has 10 heteroatoms. The molecule has 3 N–H and O–H groups in total. The highest BCUT2D eigenvalue weighted by Crippen LogP contribution is 2.25. The summed E-state index contributed by atoms with van der Waals surface area (Å²) >= 11 is 3.06. The zero-order chi connectivity index (χ0) is 18.5. The van der Waals surface area contributed by atoms with Gasteiger partial charge in [-0.25, -0.2) is 19.7 Å². The van der Waals surface area contributed by atoms with Gasteiger partial charge in [0.1, 0.15) is 12.1 Å². The number of fused-ring (bicyclic) bond motifs is 1. The summed E-state index contributed by atoms with van der Waals surface area (Å²) in [5.74, 6) is 0.842. The predicted molar refractivity (Wildman–Crippen MR) is 109 cm³/mol. The molecular weight excluding hydrogens is 382 g/mol. The molecule has 0 unspecified atom stereocenters. The van der Waals surface area contributed by atoms with Crippen LogP contribution in [0.2, 0.25) is 0 Å². The van der Waals surface area contributed by atoms with Crippen LogP contribution in [-0.2, 0) is 6.42 Å². The van der Waals surface area contributed by atoms with Crippen molar-refractivity contribution in [2.75, 3.05) is 22.5 Å². The molecule has 0 fully saturated rings. The Morgan fingerprint density at radius 3 is 2.85 bits per heavy atom. The van der Waals surface area contributed by atoms with Crippen molar-refractivity contribution in [1.82, 2.24) is 19.9 Å². The quantitative estimate of drug-likeness (QED) is 0.457. The van der Waals surface area contributed by atoms with Gasteiger partial charge in [-0.05, 0) is 23.6 Å². The van der Waals surface area contributed by atoms with Crippen molar-refractivity contribution in [3.05, 3.63) is 53.4 Å². The summed E-state index contributed by atoms with van der Waals surface area (Å²) in [7, 11) is 0. The minimum atomic E-state index is -0.332. The van der Waals surface area contributed by atoms with Crippen molar-refractivity contribution < 1.29 is 4.79 Å². The van der Waals surface area contributed by atoms with Crippen LogP contribution in [0.1, 0.15) is 4.88 Å². The predicted octanol–water partition coefficient (Wildman–Crippen LogP) is 3.84. The maximum atomic E-state index is 12.0. The summed E-state index contributed by atoms with van der Waals surface area (Å²) in [6.45, 7) is 0.717. The fraction of sp³-hybridized carbons (Fsp3) is 0.118. The van der Waals surface area contributed by atoms with Crippen LogP contribution in [0.5, 0.6) is 0 Å². The number of thiophene rings is 1. The number of carbonyl (C=O) groups is 1. The molecule has 0 bridgehead atoms. The number of nitrogens with one attached hydrogen (secondary N) is 3. The number of thiazole rings is 1. The maximum absolute atomic E-state index is 12.0. The molecule has 0 radical (unpaired) electrons. The van der Waals surface area contributed by atoms with E-state index in [0.717, 1.165) is 33.9 Å². The van der Waals surface area contributed by atoms with Gasteiger partial charge in [0.2, 0.25) is 0 Å². The molecule has 0 saturated carbocycles. The average molecular weight is 397 g/mol. The van der Waals surface area contributed by atoms with Gasteiger partial charge in [-0.15, -0.1) is 22.7 Å². The Morgan fingerprint density at radius 2 is 1.96 bits per heavy atom. The average Bonchev–Trinajstić information content (AvgIpc) is 3.32. The minimum Gasteiger partial charge on any atom is -0.368 e. The fourth-order valence-corrected chi connectivity index (χ4v) is 4.01. The van der Waals surface area contributed by atoms with Crippen LogP contribution in [0.25, 0.3) is 10.2 Å². The highest BCUT2D eigenvalue weighted by atomic mass is 32.1. The van der Waals surface area contributed by atoms with Crippen molar-refractivity contribution in [1.29, 1.82) is 0 Å². The summed E-state index contributed by atoms with van der Waals surface area (Å²) in [6.07, 6.45) is 7.35. The van der Waals surface area contributed by atoms with E-state index in [4.69, 9.17) is 0 Å². The lowest BCUT2D eigenvalue weighted by molar-refractivity contribution is 0.262. The molecule has 8 nitrogen and oxygen atoms in total. The standard InChI is InChI=1S/C17H15N7OS2/c25-16(23-11-1-5-18-6-2-11)24-17-20-9-12(27-17)3-7-19-15-14-13(4-8-26-14)21-10-22-15/h1-2,4-6,8-10H,3,7H2,(H,19,21,22)(H2,18,20,23,24,25). The smallest absolute Gasteiger partial charge is 0.325 e. The minimum absolute atomic E-state index is 0.332. The topological polar surface area (TPSA) is 105 Å². The lowest BCUT2D eigenvalue weighted by Crippen LogP contribution is -2.19. The fourth-order valence-electron chi connectivity index (χ4n) is 2.39. The molecule has 0 aliphatic heterocycles. The summed E-state index contributed by atoms with van der Waals surface area (Å²) in [5, 5.41) is 11.4. The van der Waals surface area contributed by atoms with E-state index in [-0.39, 0.29) is 6.03 Å². The molecule has 4 heterocycles. The van der Waals surface area contributed by atoms with Crippen molar-refractivity contribution in [3.8, 4) is 0 Å². The number of urea groups is 1. The molecule has 0 aromatic carbocycles. The van der Waals surface area contributed by atoms with Gasteiger partial charge in [-0.1, -0.05) is 0 Å². The Morgan fingerprint density at radius 1 is 1.07 bits per heavy atom. The van der Waals surface area contributed by atoms with Gasteiger partial charge in [0.25, 0.3) is 0 Å². The molecule has 4 aromatic rings. The van der Waals surface area contributed by atoms with Gasteiger partial charge in [0.05, 0.1) is 10.2 Å². The Kier molecular flexibility index (Phi) is 5.17. The van der Waals surface area contributed by atoms with Crippen molar-refractivity contribution in [2.45, 2.75) is 6.42 Å². The Balaban J connectivity index is 1.29. The van der Waals surface area contributed by atoms with Crippen LogP contribution < -0.4 is 16.0 Å². The van der Waals surface area contributed by atoms with Gasteiger partial charge >= 0.3 is 6.03 Å². The van der Waals surface area contributed by atoms with E-state index in [0.29, 0.717) is 10.8 Å². The third-order valence-corrected chi connectivity index (χ3v) is 5.50. The van der Waals surface area contributed by atoms with Crippen molar-refractivity contribution in [2.24, 2.45) is 0 Å². The molecule has 2 amide bonds. The number of rotatable bonds is 6. The van der Waals surface area contributed by atoms with Crippen LogP contribution in [0.4, 0.5) is 21.4 Å². The molecule has 4 aromatic heterocycles. The van der Waals surface area contributed by atoms with E-state index in [2.05, 4.69) is 35.9 Å². The number of carbonyl (C=O) groups excluding carboxylic acids is 1. The highest BCUT2D eigenvalue weighted by Gasteiger charge is 2.08. The number of anilines is 3. The second-order valence-corrected chi connectivity index (χ2v) is 7.51. The summed E-state index contributed by atoms with van der Waals surface area (Å²) < 4.78 is 1.05. The second kappa shape index (κ2) is 8.06. The first-order valence-electron chi connectivity index (χ1n) is 8.13. The normalized spacial score (nSPS) is 10.7. The van der Waals surface area contributed by atoms with Crippen molar-refractivity contribution in [3.63, 3.8) is 0 Å². The summed E-state index contributed by atoms with van der Waals surface area (Å²) in [5.41, 5.74) is 1.62. The zero-order valence-corrected chi connectivity index (χ0v) is 15.7. The number of pyridine rings is 1. The first-order chi connectivity index (χ1) is 13.3. The van der Waals surface area contributed by atoms with E-state index in [1.54, 1.807) is 48.4 Å². The highest BCUT2D eigenvalue weighted by molar-refractivity contribution is 7.17. The van der Waals surface area contributed by atoms with E-state index >= 15 is 0 Å². The SMILES string of the molecule is O=C(Nc1ccncc1)Nc1ncc(CCNc2ncnc3ccsc23)s1. The Labute approximate surface area is 162 Å². The van der Waals surface area contributed by atoms with E-state index in [9.17, 15) is 4.79 Å². The van der Waals surface area contributed by atoms with Gasteiger partial charge < -0.3 is 10.6 Å². The second-order valence-electron chi connectivity index (χ2n) is 5.48. The number of hydrogen-bond donors (Lipinski definition) is 3. The third kappa shape index (κ3) is 4.36. The lowest BCUT2D eigenvalue weighted by Gasteiger charge is -2.05. The van der Waals surface area contributed by atoms with Crippen LogP contribution in [-0.4, -0.2) is 32.5 Å². The number of nitrogens with zero attached hydrogens (tertiary/aromatic N) is 4. The molecule has 0 saturated heterocycles. The van der Waals surface area contributed by atoms with Crippen LogP contribution in [0.3, 0.4) is 0 Å². The first kappa shape index (κ1) is 17.3. The summed E-state index contributed by atoms with van der Waals surface area (Å²) in [6, 6.07) is 5.08. The Bertz CT molecular complexity index is 1050. The largest absolute Gasteiger partial charge is 0.368 e. The van der Waals surface area contributed by atoms with E-state index in [1.165, 1.54) is 11.3 Å². The molecular formula is C17H15N7OS2. The lowest BCUT2D eigenvalue weighted by atomic mass is 10.3. The maximum Gasteiger partial charge on any atom is 0.325 e. The third-order valence-electron chi connectivity index (χ3n) is 3.62. The van der Waals surface area contributed by atoms with Crippen LogP contribution in [0, 0.1) is 0 Å². The van der Waals surface area contributed by atoms with E-state index < -0.39 is 0 Å². The van der Waals surface area contributed by atoms with Gasteiger partial charge in [0.15, 0.2) is 5.13 Å². The molecule has 27 heavy (non-hydrogen) atoms. The molecule has 0 aliphatic carbocycles. The number of amides is 2. The molecule has 0 aliphatic rings. The van der Waals surface area contributed by atoms with Gasteiger partial charge in [-0.3, -0.25) is 10.3 Å². The van der Waals surface area contributed by atoms with Gasteiger partial charge in [-0.2, -0.15) is 0 Å². The van der Waals surface area contributed by atoms with Crippen LogP contribution in [0.15, 0.2) is 48.5 Å². The number of hydrogen-bond acceptors (Lipinski definition) is 8. The molecule has 4 rings (SSSR count). The summed E-state index contributed by atoms with van der Waals surface area (Å²) in [4.78, 5) is 29.7. The van der Waals surface area contributed by atoms with Crippen molar-refractivity contribution >= 4 is 55.6 Å². The van der Waals surface area contributed by atoms with E-state index in [1.807, 2.05) is 11.4 Å². The molecule has 0 atom stereocenters. The number of aromatic nitrogens is 4. The molecule has 136 valence electrons. The van der Waals surface area contributed by atoms with Gasteiger partial charge in [0, 0.05) is 42.1 Å². The zero-order valence-electron chi connectivity index (χ0n) is 14.0. The monoisotopic (exact) mass is 397 g/mol.